The van der Waals surface area contributed by atoms with Gasteiger partial charge in [0.25, 0.3) is 0 Å². The number of allylic oxidation sites excluding steroid dienone is 2. The number of carbonyl (C=O) groups is 2. The molecule has 0 aromatic carbocycles. The number of carbonyl (C=O) groups excluding carboxylic acids is 1. The molecule has 0 saturated carbocycles. The van der Waals surface area contributed by atoms with Crippen molar-refractivity contribution in [1.29, 1.82) is 0 Å². The molecule has 0 fully saturated rings. The van der Waals surface area contributed by atoms with E-state index in [0.717, 1.165) is 5.76 Å². The maximum Gasteiger partial charge on any atom is 0.303 e. The van der Waals surface area contributed by atoms with Crippen molar-refractivity contribution in [2.75, 3.05) is 6.61 Å². The summed E-state index contributed by atoms with van der Waals surface area (Å²) in [5.41, 5.74) is 0. The van der Waals surface area contributed by atoms with Crippen LogP contribution in [0.4, 0.5) is 0 Å². The van der Waals surface area contributed by atoms with Crippen LogP contribution in [0.15, 0.2) is 11.8 Å². The standard InChI is InChI=1S/C11H16O4/c1-2-15-9-6-8(10(12)7-9)4-3-5-11(13)14/h7-8H,2-6H2,1H3,(H,13,14). The SMILES string of the molecule is CCOC1=CC(=O)C(CCCC(=O)O)C1. The Bertz CT molecular complexity index is 280. The summed E-state index contributed by atoms with van der Waals surface area (Å²) in [6.45, 7) is 2.45. The topological polar surface area (TPSA) is 63.6 Å². The van der Waals surface area contributed by atoms with Crippen molar-refractivity contribution in [2.45, 2.75) is 32.6 Å². The van der Waals surface area contributed by atoms with Gasteiger partial charge in [0.15, 0.2) is 5.78 Å². The molecule has 0 aromatic rings. The minimum Gasteiger partial charge on any atom is -0.498 e. The van der Waals surface area contributed by atoms with Crippen LogP contribution in [0.2, 0.25) is 0 Å². The summed E-state index contributed by atoms with van der Waals surface area (Å²) < 4.78 is 5.25. The van der Waals surface area contributed by atoms with Crippen molar-refractivity contribution >= 4 is 11.8 Å². The zero-order valence-electron chi connectivity index (χ0n) is 8.86. The highest BCUT2D eigenvalue weighted by molar-refractivity contribution is 5.94. The highest BCUT2D eigenvalue weighted by Crippen LogP contribution is 2.26. The molecule has 15 heavy (non-hydrogen) atoms. The van der Waals surface area contributed by atoms with Crippen LogP contribution in [0, 0.1) is 5.92 Å². The van der Waals surface area contributed by atoms with Gasteiger partial charge in [-0.1, -0.05) is 0 Å². The van der Waals surface area contributed by atoms with Gasteiger partial charge in [0.2, 0.25) is 0 Å². The predicted octanol–water partition coefficient (Wildman–Crippen LogP) is 1.75. The van der Waals surface area contributed by atoms with Gasteiger partial charge in [-0.2, -0.15) is 0 Å². The van der Waals surface area contributed by atoms with Crippen molar-refractivity contribution in [2.24, 2.45) is 5.92 Å². The van der Waals surface area contributed by atoms with Gasteiger partial charge >= 0.3 is 5.97 Å². The number of aliphatic carboxylic acids is 1. The number of carboxylic acids is 1. The van der Waals surface area contributed by atoms with E-state index < -0.39 is 5.97 Å². The first-order chi connectivity index (χ1) is 7.13. The fraction of sp³-hybridized carbons (Fsp3) is 0.636. The molecule has 84 valence electrons. The lowest BCUT2D eigenvalue weighted by Crippen LogP contribution is -2.07. The summed E-state index contributed by atoms with van der Waals surface area (Å²) in [4.78, 5) is 21.7. The van der Waals surface area contributed by atoms with E-state index in [1.165, 1.54) is 6.08 Å². The molecule has 0 spiro atoms. The molecule has 1 unspecified atom stereocenters. The van der Waals surface area contributed by atoms with E-state index in [9.17, 15) is 9.59 Å². The summed E-state index contributed by atoms with van der Waals surface area (Å²) in [7, 11) is 0. The number of rotatable bonds is 6. The Morgan fingerprint density at radius 2 is 2.40 bits per heavy atom. The second-order valence-corrected chi connectivity index (χ2v) is 3.63. The Hall–Kier alpha value is -1.32. The van der Waals surface area contributed by atoms with Gasteiger partial charge in [-0.05, 0) is 19.8 Å². The van der Waals surface area contributed by atoms with Gasteiger partial charge in [-0.15, -0.1) is 0 Å². The van der Waals surface area contributed by atoms with E-state index >= 15 is 0 Å². The van der Waals surface area contributed by atoms with Crippen molar-refractivity contribution in [3.8, 4) is 0 Å². The molecule has 0 heterocycles. The van der Waals surface area contributed by atoms with Crippen LogP contribution in [-0.2, 0) is 14.3 Å². The minimum atomic E-state index is -0.807. The summed E-state index contributed by atoms with van der Waals surface area (Å²) in [5.74, 6) is -0.0593. The molecule has 4 nitrogen and oxygen atoms in total. The molecule has 0 aliphatic heterocycles. The minimum absolute atomic E-state index is 0.0640. The summed E-state index contributed by atoms with van der Waals surface area (Å²) in [5, 5.41) is 8.47. The number of ketones is 1. The smallest absolute Gasteiger partial charge is 0.303 e. The Balaban J connectivity index is 2.29. The zero-order valence-corrected chi connectivity index (χ0v) is 8.86. The Labute approximate surface area is 88.9 Å². The molecular formula is C11H16O4. The second-order valence-electron chi connectivity index (χ2n) is 3.63. The largest absolute Gasteiger partial charge is 0.498 e. The van der Waals surface area contributed by atoms with Crippen LogP contribution in [0.3, 0.4) is 0 Å². The van der Waals surface area contributed by atoms with Gasteiger partial charge in [-0.3, -0.25) is 9.59 Å². The van der Waals surface area contributed by atoms with E-state index in [1.807, 2.05) is 6.92 Å². The lowest BCUT2D eigenvalue weighted by atomic mass is 9.99. The van der Waals surface area contributed by atoms with Crippen molar-refractivity contribution in [3.63, 3.8) is 0 Å². The molecule has 0 saturated heterocycles. The van der Waals surface area contributed by atoms with Gasteiger partial charge in [-0.25, -0.2) is 0 Å². The van der Waals surface area contributed by atoms with Crippen LogP contribution in [0.1, 0.15) is 32.6 Å². The molecule has 1 N–H and O–H groups in total. The molecule has 0 bridgehead atoms. The van der Waals surface area contributed by atoms with E-state index in [1.54, 1.807) is 0 Å². The third-order valence-electron chi connectivity index (χ3n) is 2.43. The first kappa shape index (κ1) is 11.8. The molecule has 1 atom stereocenters. The van der Waals surface area contributed by atoms with Crippen LogP contribution in [0.25, 0.3) is 0 Å². The van der Waals surface area contributed by atoms with Crippen LogP contribution < -0.4 is 0 Å². The fourth-order valence-electron chi connectivity index (χ4n) is 1.71. The summed E-state index contributed by atoms with van der Waals surface area (Å²) in [6, 6.07) is 0. The highest BCUT2D eigenvalue weighted by Gasteiger charge is 2.25. The number of carboxylic acid groups (broad SMARTS) is 1. The van der Waals surface area contributed by atoms with E-state index in [0.29, 0.717) is 25.9 Å². The number of hydrogen-bond donors (Lipinski definition) is 1. The van der Waals surface area contributed by atoms with Crippen LogP contribution >= 0.6 is 0 Å². The Kier molecular flexibility index (Phi) is 4.34. The molecule has 1 aliphatic carbocycles. The van der Waals surface area contributed by atoms with Gasteiger partial charge in [0.1, 0.15) is 5.76 Å². The highest BCUT2D eigenvalue weighted by atomic mass is 16.5. The molecule has 0 amide bonds. The normalized spacial score (nSPS) is 20.2. The van der Waals surface area contributed by atoms with Gasteiger partial charge in [0, 0.05) is 24.8 Å². The molecule has 1 aliphatic rings. The average molecular weight is 212 g/mol. The quantitative estimate of drug-likeness (QED) is 0.728. The molecule has 0 radical (unpaired) electrons. The number of ether oxygens (including phenoxy) is 1. The Morgan fingerprint density at radius 3 is 3.00 bits per heavy atom. The first-order valence-electron chi connectivity index (χ1n) is 5.22. The maximum atomic E-state index is 11.4. The fourth-order valence-corrected chi connectivity index (χ4v) is 1.71. The third kappa shape index (κ3) is 3.73. The average Bonchev–Trinajstić information content (AvgIpc) is 2.47. The zero-order chi connectivity index (χ0) is 11.3. The molecule has 0 aromatic heterocycles. The second kappa shape index (κ2) is 5.53. The monoisotopic (exact) mass is 212 g/mol. The Morgan fingerprint density at radius 1 is 1.67 bits per heavy atom. The lowest BCUT2D eigenvalue weighted by molar-refractivity contribution is -0.137. The van der Waals surface area contributed by atoms with Crippen molar-refractivity contribution in [1.82, 2.24) is 0 Å². The van der Waals surface area contributed by atoms with Crippen molar-refractivity contribution in [3.05, 3.63) is 11.8 Å². The number of hydrogen-bond acceptors (Lipinski definition) is 3. The van der Waals surface area contributed by atoms with E-state index in [2.05, 4.69) is 0 Å². The third-order valence-corrected chi connectivity index (χ3v) is 2.43. The summed E-state index contributed by atoms with van der Waals surface area (Å²) in [6.07, 6.45) is 3.49. The lowest BCUT2D eigenvalue weighted by Gasteiger charge is -2.07. The first-order valence-corrected chi connectivity index (χ1v) is 5.22. The van der Waals surface area contributed by atoms with E-state index in [4.69, 9.17) is 9.84 Å². The van der Waals surface area contributed by atoms with E-state index in [-0.39, 0.29) is 18.1 Å². The molecule has 4 heteroatoms. The molecular weight excluding hydrogens is 196 g/mol. The van der Waals surface area contributed by atoms with Gasteiger partial charge < -0.3 is 9.84 Å². The maximum absolute atomic E-state index is 11.4. The summed E-state index contributed by atoms with van der Waals surface area (Å²) >= 11 is 0. The van der Waals surface area contributed by atoms with Gasteiger partial charge in [0.05, 0.1) is 6.61 Å². The van der Waals surface area contributed by atoms with Crippen LogP contribution in [0.5, 0.6) is 0 Å². The van der Waals surface area contributed by atoms with Crippen molar-refractivity contribution < 1.29 is 19.4 Å². The predicted molar refractivity (Wildman–Crippen MR) is 54.3 cm³/mol. The molecule has 1 rings (SSSR count). The van der Waals surface area contributed by atoms with Crippen LogP contribution in [-0.4, -0.2) is 23.5 Å².